The van der Waals surface area contributed by atoms with E-state index < -0.39 is 0 Å². The molecule has 1 heterocycles. The van der Waals surface area contributed by atoms with Crippen molar-refractivity contribution in [1.29, 1.82) is 0 Å². The summed E-state index contributed by atoms with van der Waals surface area (Å²) in [7, 11) is 0. The Morgan fingerprint density at radius 1 is 1.00 bits per heavy atom. The van der Waals surface area contributed by atoms with E-state index in [2.05, 4.69) is 22.8 Å². The van der Waals surface area contributed by atoms with E-state index in [1.807, 2.05) is 30.3 Å². The number of carbonyl (C=O) groups excluding carboxylic acids is 1. The number of piperidine rings is 1. The molecular weight excluding hydrogens is 274 g/mol. The summed E-state index contributed by atoms with van der Waals surface area (Å²) in [6.07, 6.45) is 3.99. The fourth-order valence-electron chi connectivity index (χ4n) is 3.16. The van der Waals surface area contributed by atoms with Gasteiger partial charge in [0.25, 0.3) is 0 Å². The number of quaternary nitrogens is 1. The van der Waals surface area contributed by atoms with E-state index in [-0.39, 0.29) is 6.03 Å². The van der Waals surface area contributed by atoms with Crippen LogP contribution in [0.4, 0.5) is 10.5 Å². The number of amides is 2. The quantitative estimate of drug-likeness (QED) is 0.794. The zero-order valence-electron chi connectivity index (χ0n) is 12.9. The molecule has 0 aromatic heterocycles. The van der Waals surface area contributed by atoms with Crippen molar-refractivity contribution in [3.05, 3.63) is 42.5 Å². The second kappa shape index (κ2) is 7.27. The lowest BCUT2D eigenvalue weighted by atomic mass is 10.1. The lowest BCUT2D eigenvalue weighted by Crippen LogP contribution is -3.13. The fourth-order valence-corrected chi connectivity index (χ4v) is 3.16. The predicted molar refractivity (Wildman–Crippen MR) is 90.4 cm³/mol. The van der Waals surface area contributed by atoms with E-state index in [0.717, 1.165) is 29.5 Å². The molecule has 3 N–H and O–H groups in total. The molecule has 4 nitrogen and oxygen atoms in total. The summed E-state index contributed by atoms with van der Waals surface area (Å²) < 4.78 is 0. The van der Waals surface area contributed by atoms with Crippen molar-refractivity contribution in [3.63, 3.8) is 0 Å². The Bertz CT molecular complexity index is 630. The van der Waals surface area contributed by atoms with E-state index >= 15 is 0 Å². The van der Waals surface area contributed by atoms with Gasteiger partial charge in [-0.25, -0.2) is 4.79 Å². The van der Waals surface area contributed by atoms with Crippen molar-refractivity contribution < 1.29 is 9.69 Å². The summed E-state index contributed by atoms with van der Waals surface area (Å²) in [5.74, 6) is 0. The Morgan fingerprint density at radius 2 is 1.77 bits per heavy atom. The first kappa shape index (κ1) is 14.9. The minimum Gasteiger partial charge on any atom is -0.333 e. The average Bonchev–Trinajstić information content (AvgIpc) is 2.56. The minimum absolute atomic E-state index is 0.118. The molecule has 116 valence electrons. The molecule has 3 rings (SSSR count). The van der Waals surface area contributed by atoms with Gasteiger partial charge in [0.05, 0.1) is 31.9 Å². The van der Waals surface area contributed by atoms with Gasteiger partial charge in [-0.05, 0) is 30.7 Å². The summed E-state index contributed by atoms with van der Waals surface area (Å²) in [5.41, 5.74) is 0.862. The van der Waals surface area contributed by atoms with E-state index in [1.54, 1.807) is 4.90 Å². The van der Waals surface area contributed by atoms with Crippen LogP contribution in [0.2, 0.25) is 0 Å². The molecule has 0 aliphatic carbocycles. The number of likely N-dealkylation sites (tertiary alicyclic amines) is 1. The molecule has 22 heavy (non-hydrogen) atoms. The maximum absolute atomic E-state index is 12.1. The van der Waals surface area contributed by atoms with Crippen molar-refractivity contribution in [2.75, 3.05) is 31.5 Å². The number of benzene rings is 2. The van der Waals surface area contributed by atoms with Crippen LogP contribution in [-0.4, -0.2) is 32.2 Å². The number of fused-ring (bicyclic) bond motifs is 1. The minimum atomic E-state index is -0.118. The van der Waals surface area contributed by atoms with Crippen molar-refractivity contribution in [3.8, 4) is 0 Å². The second-order valence-corrected chi connectivity index (χ2v) is 5.97. The fraction of sp³-hybridized carbons (Fsp3) is 0.389. The molecule has 0 spiro atoms. The van der Waals surface area contributed by atoms with Crippen LogP contribution in [0.1, 0.15) is 19.3 Å². The maximum atomic E-state index is 12.1. The largest absolute Gasteiger partial charge is 0.333 e. The highest BCUT2D eigenvalue weighted by Gasteiger charge is 2.13. The summed E-state index contributed by atoms with van der Waals surface area (Å²) in [6.45, 7) is 4.23. The Morgan fingerprint density at radius 3 is 2.64 bits per heavy atom. The van der Waals surface area contributed by atoms with Gasteiger partial charge in [-0.15, -0.1) is 0 Å². The maximum Gasteiger partial charge on any atom is 0.319 e. The number of urea groups is 1. The van der Waals surface area contributed by atoms with Crippen LogP contribution in [0.5, 0.6) is 0 Å². The van der Waals surface area contributed by atoms with Gasteiger partial charge in [-0.1, -0.05) is 36.4 Å². The van der Waals surface area contributed by atoms with Gasteiger partial charge in [0.1, 0.15) is 0 Å². The van der Waals surface area contributed by atoms with E-state index in [4.69, 9.17) is 0 Å². The molecule has 4 heteroatoms. The third kappa shape index (κ3) is 3.77. The van der Waals surface area contributed by atoms with Gasteiger partial charge >= 0.3 is 6.03 Å². The Hall–Kier alpha value is -2.07. The average molecular weight is 298 g/mol. The first-order chi connectivity index (χ1) is 10.8. The van der Waals surface area contributed by atoms with Crippen LogP contribution in [0.3, 0.4) is 0 Å². The second-order valence-electron chi connectivity index (χ2n) is 5.97. The van der Waals surface area contributed by atoms with Gasteiger partial charge in [0.2, 0.25) is 0 Å². The molecule has 1 aliphatic rings. The molecule has 2 aromatic carbocycles. The van der Waals surface area contributed by atoms with Crippen molar-refractivity contribution in [2.24, 2.45) is 0 Å². The van der Waals surface area contributed by atoms with Crippen LogP contribution in [0.15, 0.2) is 42.5 Å². The smallest absolute Gasteiger partial charge is 0.319 e. The van der Waals surface area contributed by atoms with Crippen LogP contribution in [0.25, 0.3) is 10.8 Å². The SMILES string of the molecule is O=C(NCC[NH+]1CCCCC1)Nc1cccc2ccccc12. The van der Waals surface area contributed by atoms with Gasteiger partial charge in [-0.2, -0.15) is 0 Å². The standard InChI is InChI=1S/C18H23N3O/c22-18(19-11-14-21-12-4-1-5-13-21)20-17-10-6-8-15-7-2-3-9-16(15)17/h2-3,6-10H,1,4-5,11-14H2,(H2,19,20,22)/p+1. The summed E-state index contributed by atoms with van der Waals surface area (Å²) in [5, 5.41) is 8.14. The monoisotopic (exact) mass is 298 g/mol. The van der Waals surface area contributed by atoms with Crippen molar-refractivity contribution in [1.82, 2.24) is 5.32 Å². The molecule has 0 bridgehead atoms. The van der Waals surface area contributed by atoms with Crippen LogP contribution >= 0.6 is 0 Å². The lowest BCUT2D eigenvalue weighted by Gasteiger charge is -2.23. The molecule has 2 amide bonds. The number of nitrogens with one attached hydrogen (secondary N) is 3. The lowest BCUT2D eigenvalue weighted by molar-refractivity contribution is -0.903. The van der Waals surface area contributed by atoms with Crippen molar-refractivity contribution >= 4 is 22.5 Å². The van der Waals surface area contributed by atoms with Gasteiger partial charge in [0, 0.05) is 5.39 Å². The summed E-state index contributed by atoms with van der Waals surface area (Å²) >= 11 is 0. The molecule has 1 saturated heterocycles. The summed E-state index contributed by atoms with van der Waals surface area (Å²) in [4.78, 5) is 13.7. The Kier molecular flexibility index (Phi) is 4.91. The topological polar surface area (TPSA) is 45.6 Å². The molecule has 0 atom stereocenters. The zero-order valence-corrected chi connectivity index (χ0v) is 12.9. The zero-order chi connectivity index (χ0) is 15.2. The van der Waals surface area contributed by atoms with Gasteiger partial charge in [0.15, 0.2) is 0 Å². The van der Waals surface area contributed by atoms with E-state index in [0.29, 0.717) is 0 Å². The highest BCUT2D eigenvalue weighted by atomic mass is 16.2. The van der Waals surface area contributed by atoms with Crippen LogP contribution in [-0.2, 0) is 0 Å². The van der Waals surface area contributed by atoms with Crippen molar-refractivity contribution in [2.45, 2.75) is 19.3 Å². The van der Waals surface area contributed by atoms with E-state index in [1.165, 1.54) is 32.4 Å². The highest BCUT2D eigenvalue weighted by molar-refractivity contribution is 6.01. The molecule has 0 saturated carbocycles. The highest BCUT2D eigenvalue weighted by Crippen LogP contribution is 2.22. The normalized spacial score (nSPS) is 15.6. The molecule has 0 radical (unpaired) electrons. The number of hydrogen-bond donors (Lipinski definition) is 3. The summed E-state index contributed by atoms with van der Waals surface area (Å²) in [6, 6.07) is 13.9. The van der Waals surface area contributed by atoms with Crippen LogP contribution < -0.4 is 15.5 Å². The number of rotatable bonds is 4. The molecule has 1 fully saturated rings. The van der Waals surface area contributed by atoms with E-state index in [9.17, 15) is 4.79 Å². The molecule has 1 aliphatic heterocycles. The number of hydrogen-bond acceptors (Lipinski definition) is 1. The number of carbonyl (C=O) groups is 1. The molecule has 2 aromatic rings. The third-order valence-corrected chi connectivity index (χ3v) is 4.36. The van der Waals surface area contributed by atoms with Crippen LogP contribution in [0, 0.1) is 0 Å². The number of anilines is 1. The van der Waals surface area contributed by atoms with Gasteiger partial charge < -0.3 is 15.5 Å². The third-order valence-electron chi connectivity index (χ3n) is 4.36. The first-order valence-corrected chi connectivity index (χ1v) is 8.19. The predicted octanol–water partition coefficient (Wildman–Crippen LogP) is 2.03. The Labute approximate surface area is 131 Å². The Balaban J connectivity index is 1.52. The molecule has 0 unspecified atom stereocenters. The first-order valence-electron chi connectivity index (χ1n) is 8.19. The van der Waals surface area contributed by atoms with Gasteiger partial charge in [-0.3, -0.25) is 0 Å². The molecular formula is C18H24N3O+.